The molecule has 2 unspecified atom stereocenters. The molecule has 3 aliphatic rings. The highest BCUT2D eigenvalue weighted by molar-refractivity contribution is 5.87. The van der Waals surface area contributed by atoms with E-state index < -0.39 is 5.60 Å². The molecule has 11 heteroatoms. The second-order valence-corrected chi connectivity index (χ2v) is 11.9. The second-order valence-electron chi connectivity index (χ2n) is 11.9. The second kappa shape index (κ2) is 10.2. The van der Waals surface area contributed by atoms with E-state index in [-0.39, 0.29) is 0 Å². The number of nitrogens with zero attached hydrogens (tertiary/aromatic N) is 9. The Kier molecular flexibility index (Phi) is 6.41. The molecule has 0 aliphatic carbocycles. The minimum absolute atomic E-state index is 0.483. The number of piperazine rings is 1. The van der Waals surface area contributed by atoms with Crippen molar-refractivity contribution in [3.63, 3.8) is 0 Å². The van der Waals surface area contributed by atoms with E-state index >= 15 is 0 Å². The van der Waals surface area contributed by atoms with Crippen LogP contribution in [0.5, 0.6) is 5.88 Å². The maximum absolute atomic E-state index is 10.5. The van der Waals surface area contributed by atoms with Gasteiger partial charge in [0.05, 0.1) is 35.8 Å². The molecular formula is C32H33N9O2. The third-order valence-corrected chi connectivity index (χ3v) is 8.63. The Balaban J connectivity index is 1.15. The molecule has 0 amide bonds. The van der Waals surface area contributed by atoms with Gasteiger partial charge >= 0.3 is 0 Å². The molecule has 8 rings (SSSR count). The first-order chi connectivity index (χ1) is 20.7. The van der Waals surface area contributed by atoms with Gasteiger partial charge in [0, 0.05) is 80.1 Å². The quantitative estimate of drug-likeness (QED) is 0.309. The maximum Gasteiger partial charge on any atom is 0.212 e. The lowest BCUT2D eigenvalue weighted by molar-refractivity contribution is -0.00876. The van der Waals surface area contributed by atoms with Crippen molar-refractivity contribution < 1.29 is 9.84 Å². The topological polar surface area (TPSA) is 121 Å². The predicted molar refractivity (Wildman–Crippen MR) is 161 cm³/mol. The average Bonchev–Trinajstić information content (AvgIpc) is 3.63. The fraction of sp³-hybridized carbons (Fsp3) is 0.344. The number of piperidine rings is 1. The van der Waals surface area contributed by atoms with E-state index in [2.05, 4.69) is 49.2 Å². The van der Waals surface area contributed by atoms with Crippen molar-refractivity contribution in [3.05, 3.63) is 78.0 Å². The molecule has 0 radical (unpaired) electrons. The first-order valence-corrected chi connectivity index (χ1v) is 14.4. The van der Waals surface area contributed by atoms with Crippen LogP contribution in [0.25, 0.3) is 27.9 Å². The Labute approximate surface area is 249 Å². The van der Waals surface area contributed by atoms with Crippen LogP contribution in [0.3, 0.4) is 0 Å². The summed E-state index contributed by atoms with van der Waals surface area (Å²) in [5.41, 5.74) is 5.39. The van der Waals surface area contributed by atoms with E-state index in [1.165, 1.54) is 12.0 Å². The van der Waals surface area contributed by atoms with Crippen molar-refractivity contribution in [1.29, 1.82) is 5.26 Å². The molecule has 8 heterocycles. The van der Waals surface area contributed by atoms with E-state index in [1.54, 1.807) is 36.4 Å². The fourth-order valence-electron chi connectivity index (χ4n) is 6.30. The van der Waals surface area contributed by atoms with Gasteiger partial charge in [0.25, 0.3) is 0 Å². The van der Waals surface area contributed by atoms with Crippen LogP contribution in [0.2, 0.25) is 0 Å². The van der Waals surface area contributed by atoms with Crippen molar-refractivity contribution in [3.8, 4) is 34.3 Å². The van der Waals surface area contributed by atoms with Gasteiger partial charge < -0.3 is 14.7 Å². The van der Waals surface area contributed by atoms with Gasteiger partial charge in [-0.05, 0) is 50.1 Å². The van der Waals surface area contributed by atoms with E-state index in [1.807, 2.05) is 43.8 Å². The number of hydrogen-bond acceptors (Lipinski definition) is 9. The van der Waals surface area contributed by atoms with Gasteiger partial charge in [0.2, 0.25) is 5.88 Å². The van der Waals surface area contributed by atoms with Gasteiger partial charge in [-0.15, -0.1) is 0 Å². The lowest BCUT2D eigenvalue weighted by Gasteiger charge is -2.56. The van der Waals surface area contributed by atoms with Crippen LogP contribution in [0.15, 0.2) is 61.2 Å². The van der Waals surface area contributed by atoms with E-state index in [0.717, 1.165) is 53.4 Å². The summed E-state index contributed by atoms with van der Waals surface area (Å²) in [7, 11) is 3.49. The summed E-state index contributed by atoms with van der Waals surface area (Å²) in [5, 5.41) is 29.3. The normalized spacial score (nSPS) is 18.5. The van der Waals surface area contributed by atoms with Gasteiger partial charge in [-0.2, -0.15) is 15.5 Å². The molecular weight excluding hydrogens is 542 g/mol. The number of aromatic nitrogens is 6. The maximum atomic E-state index is 10.5. The van der Waals surface area contributed by atoms with Crippen LogP contribution < -0.4 is 9.64 Å². The van der Waals surface area contributed by atoms with Gasteiger partial charge in [-0.1, -0.05) is 6.07 Å². The molecule has 11 nitrogen and oxygen atoms in total. The summed E-state index contributed by atoms with van der Waals surface area (Å²) in [6.45, 7) is 6.18. The molecule has 218 valence electrons. The number of nitriles is 1. The monoisotopic (exact) mass is 575 g/mol. The molecule has 2 bridgehead atoms. The largest absolute Gasteiger partial charge is 0.481 e. The zero-order valence-electron chi connectivity index (χ0n) is 24.6. The highest BCUT2D eigenvalue weighted by atomic mass is 16.5. The number of pyridine rings is 3. The molecule has 5 aromatic rings. The average molecular weight is 576 g/mol. The molecule has 43 heavy (non-hydrogen) atoms. The Bertz CT molecular complexity index is 1830. The molecule has 1 N–H and O–H groups in total. The number of ether oxygens (including phenoxy) is 1. The van der Waals surface area contributed by atoms with Crippen molar-refractivity contribution in [2.75, 3.05) is 25.1 Å². The van der Waals surface area contributed by atoms with Crippen LogP contribution in [-0.2, 0) is 19.2 Å². The molecule has 0 aromatic carbocycles. The zero-order chi connectivity index (χ0) is 29.9. The zero-order valence-corrected chi connectivity index (χ0v) is 24.6. The SMILES string of the molecule is COc1ccc(CN2C3CC2CN(c2ccc(-c4cc(-c5cc(C(C)(C)O)nn5C)cn5ncc(C#N)c45)cn2)C3)cn1. The van der Waals surface area contributed by atoms with E-state index in [9.17, 15) is 10.4 Å². The third kappa shape index (κ3) is 4.78. The van der Waals surface area contributed by atoms with Gasteiger partial charge in [-0.25, -0.2) is 14.5 Å². The Morgan fingerprint density at radius 1 is 1.05 bits per heavy atom. The van der Waals surface area contributed by atoms with Crippen molar-refractivity contribution in [2.24, 2.45) is 7.05 Å². The smallest absolute Gasteiger partial charge is 0.212 e. The lowest BCUT2D eigenvalue weighted by atomic mass is 9.87. The van der Waals surface area contributed by atoms with Crippen LogP contribution in [-0.4, -0.2) is 71.7 Å². The van der Waals surface area contributed by atoms with E-state index in [4.69, 9.17) is 9.72 Å². The number of fused-ring (bicyclic) bond motifs is 3. The van der Waals surface area contributed by atoms with Crippen LogP contribution in [0, 0.1) is 11.3 Å². The van der Waals surface area contributed by atoms with Crippen LogP contribution in [0.1, 0.15) is 37.1 Å². The summed E-state index contributed by atoms with van der Waals surface area (Å²) in [5.74, 6) is 1.58. The van der Waals surface area contributed by atoms with Crippen molar-refractivity contribution >= 4 is 11.3 Å². The van der Waals surface area contributed by atoms with Crippen LogP contribution >= 0.6 is 0 Å². The summed E-state index contributed by atoms with van der Waals surface area (Å²) in [6, 6.07) is 15.3. The minimum atomic E-state index is -1.07. The fourth-order valence-corrected chi connectivity index (χ4v) is 6.30. The summed E-state index contributed by atoms with van der Waals surface area (Å²) in [6.07, 6.45) is 8.46. The molecule has 3 saturated heterocycles. The molecule has 5 aromatic heterocycles. The predicted octanol–water partition coefficient (Wildman–Crippen LogP) is 3.76. The van der Waals surface area contributed by atoms with Crippen molar-refractivity contribution in [1.82, 2.24) is 34.3 Å². The van der Waals surface area contributed by atoms with Crippen molar-refractivity contribution in [2.45, 2.75) is 44.5 Å². The van der Waals surface area contributed by atoms with Gasteiger partial charge in [0.1, 0.15) is 17.5 Å². The summed E-state index contributed by atoms with van der Waals surface area (Å²) < 4.78 is 8.68. The molecule has 2 atom stereocenters. The van der Waals surface area contributed by atoms with Gasteiger partial charge in [-0.3, -0.25) is 9.58 Å². The first-order valence-electron chi connectivity index (χ1n) is 14.4. The lowest BCUT2D eigenvalue weighted by Crippen LogP contribution is -2.68. The minimum Gasteiger partial charge on any atom is -0.481 e. The highest BCUT2D eigenvalue weighted by Crippen LogP contribution is 2.37. The molecule has 3 fully saturated rings. The molecule has 3 aliphatic heterocycles. The Morgan fingerprint density at radius 3 is 2.49 bits per heavy atom. The Morgan fingerprint density at radius 2 is 1.86 bits per heavy atom. The third-order valence-electron chi connectivity index (χ3n) is 8.63. The number of hydrogen-bond donors (Lipinski definition) is 1. The first kappa shape index (κ1) is 27.1. The molecule has 0 saturated carbocycles. The number of aliphatic hydroxyl groups is 1. The Hall–Kier alpha value is -4.79. The van der Waals surface area contributed by atoms with Gasteiger partial charge in [0.15, 0.2) is 0 Å². The summed E-state index contributed by atoms with van der Waals surface area (Å²) in [4.78, 5) is 14.2. The summed E-state index contributed by atoms with van der Waals surface area (Å²) >= 11 is 0. The number of methoxy groups -OCH3 is 1. The van der Waals surface area contributed by atoms with Crippen LogP contribution in [0.4, 0.5) is 5.82 Å². The number of rotatable bonds is 7. The van der Waals surface area contributed by atoms with E-state index in [0.29, 0.717) is 29.2 Å². The molecule has 0 spiro atoms. The number of aryl methyl sites for hydroxylation is 1. The highest BCUT2D eigenvalue weighted by Gasteiger charge is 2.44. The number of anilines is 1. The standard InChI is InChI=1S/C32H33N9O2/c1-32(2,42)28-11-27(38(3)37-28)22-9-26(31-23(12-33)15-36-41(31)17-22)21-6-7-29(34-14-21)39-18-24-10-25(19-39)40(24)16-20-5-8-30(43-4)35-13-20/h5-9,11,13-15,17,24-25,42H,10,16,18-19H2,1-4H3.